The van der Waals surface area contributed by atoms with E-state index in [0.717, 1.165) is 0 Å². The number of carbonyl (C=O) groups excluding carboxylic acids is 2. The number of halogens is 2. The van der Waals surface area contributed by atoms with Crippen molar-refractivity contribution in [3.05, 3.63) is 57.2 Å². The van der Waals surface area contributed by atoms with Gasteiger partial charge in [0, 0.05) is 16.7 Å². The van der Waals surface area contributed by atoms with Crippen LogP contribution in [0.15, 0.2) is 45.8 Å². The Hall–Kier alpha value is -2.43. The molecule has 0 radical (unpaired) electrons. The molecule has 2 aromatic rings. The molecule has 3 rings (SSSR count). The number of likely N-dealkylation sites (N-methyl/N-ethyl adjacent to an activating group) is 1. The fourth-order valence-corrected chi connectivity index (χ4v) is 4.53. The molecule has 0 atom stereocenters. The molecule has 0 bridgehead atoms. The summed E-state index contributed by atoms with van der Waals surface area (Å²) in [6.45, 7) is 2.11. The van der Waals surface area contributed by atoms with Crippen LogP contribution in [0.1, 0.15) is 12.5 Å². The molecule has 162 valence electrons. The molecule has 2 aromatic carbocycles. The van der Waals surface area contributed by atoms with E-state index in [-0.39, 0.29) is 18.3 Å². The average Bonchev–Trinajstić information content (AvgIpc) is 3.01. The molecule has 1 saturated heterocycles. The number of ether oxygens (including phenoxy) is 2. The van der Waals surface area contributed by atoms with Crippen molar-refractivity contribution in [1.82, 2.24) is 4.90 Å². The summed E-state index contributed by atoms with van der Waals surface area (Å²) < 4.78 is 25.1. The zero-order chi connectivity index (χ0) is 22.5. The minimum absolute atomic E-state index is 0.138. The first kappa shape index (κ1) is 23.2. The maximum Gasteiger partial charge on any atom is 0.266 e. The Morgan fingerprint density at radius 1 is 1.29 bits per heavy atom. The smallest absolute Gasteiger partial charge is 0.266 e. The molecular formula is C21H18BrFN2O4S2. The van der Waals surface area contributed by atoms with E-state index in [0.29, 0.717) is 43.0 Å². The molecule has 2 amide bonds. The van der Waals surface area contributed by atoms with Gasteiger partial charge in [0.1, 0.15) is 10.1 Å². The number of thioether (sulfide) groups is 1. The Morgan fingerprint density at radius 3 is 2.61 bits per heavy atom. The maximum absolute atomic E-state index is 13.0. The van der Waals surface area contributed by atoms with Gasteiger partial charge in [-0.3, -0.25) is 14.5 Å². The number of rotatable bonds is 7. The number of methoxy groups -OCH3 is 1. The monoisotopic (exact) mass is 524 g/mol. The Balaban J connectivity index is 1.73. The first-order valence-electron chi connectivity index (χ1n) is 9.13. The van der Waals surface area contributed by atoms with Crippen molar-refractivity contribution in [3.63, 3.8) is 0 Å². The van der Waals surface area contributed by atoms with Crippen LogP contribution in [0, 0.1) is 5.82 Å². The molecule has 31 heavy (non-hydrogen) atoms. The van der Waals surface area contributed by atoms with Crippen molar-refractivity contribution < 1.29 is 23.5 Å². The van der Waals surface area contributed by atoms with Crippen LogP contribution in [0.4, 0.5) is 10.1 Å². The summed E-state index contributed by atoms with van der Waals surface area (Å²) in [5.74, 6) is -0.184. The van der Waals surface area contributed by atoms with Crippen LogP contribution in [0.2, 0.25) is 0 Å². The molecule has 0 aliphatic carbocycles. The summed E-state index contributed by atoms with van der Waals surface area (Å²) in [5, 5.41) is 2.62. The summed E-state index contributed by atoms with van der Waals surface area (Å²) in [6.07, 6.45) is 1.73. The van der Waals surface area contributed by atoms with E-state index in [1.54, 1.807) is 18.2 Å². The van der Waals surface area contributed by atoms with Crippen LogP contribution in [-0.2, 0) is 9.59 Å². The average molecular weight is 525 g/mol. The van der Waals surface area contributed by atoms with Crippen LogP contribution >= 0.6 is 39.9 Å². The molecule has 6 nitrogen and oxygen atoms in total. The number of amides is 2. The highest BCUT2D eigenvalue weighted by atomic mass is 79.9. The standard InChI is InChI=1S/C21H18BrFN2O4S2/c1-3-25-20(27)18(31-21(25)30)9-12-8-16(28-2)17(10-15(12)22)29-11-19(26)24-14-6-4-13(23)5-7-14/h4-10H,3,11H2,1-2H3,(H,24,26)/b18-9-. The fourth-order valence-electron chi connectivity index (χ4n) is 2.72. The predicted molar refractivity (Wildman–Crippen MR) is 127 cm³/mol. The third-order valence-electron chi connectivity index (χ3n) is 4.25. The van der Waals surface area contributed by atoms with Crippen molar-refractivity contribution >= 4 is 67.8 Å². The summed E-state index contributed by atoms with van der Waals surface area (Å²) in [4.78, 5) is 26.6. The second-order valence-corrected chi connectivity index (χ2v) is 8.82. The number of hydrogen-bond donors (Lipinski definition) is 1. The Morgan fingerprint density at radius 2 is 2.00 bits per heavy atom. The summed E-state index contributed by atoms with van der Waals surface area (Å²) >= 11 is 9.95. The van der Waals surface area contributed by atoms with E-state index < -0.39 is 5.91 Å². The highest BCUT2D eigenvalue weighted by Crippen LogP contribution is 2.38. The van der Waals surface area contributed by atoms with Gasteiger partial charge in [-0.15, -0.1) is 0 Å². The molecule has 0 aromatic heterocycles. The molecule has 0 unspecified atom stereocenters. The van der Waals surface area contributed by atoms with Crippen LogP contribution in [0.5, 0.6) is 11.5 Å². The third-order valence-corrected chi connectivity index (χ3v) is 6.31. The quantitative estimate of drug-likeness (QED) is 0.413. The van der Waals surface area contributed by atoms with Gasteiger partial charge in [0.25, 0.3) is 11.8 Å². The van der Waals surface area contributed by atoms with Crippen molar-refractivity contribution in [3.8, 4) is 11.5 Å². The lowest BCUT2D eigenvalue weighted by Gasteiger charge is -2.13. The van der Waals surface area contributed by atoms with E-state index in [9.17, 15) is 14.0 Å². The van der Waals surface area contributed by atoms with Gasteiger partial charge < -0.3 is 14.8 Å². The van der Waals surface area contributed by atoms with Crippen LogP contribution in [-0.4, -0.2) is 41.3 Å². The zero-order valence-electron chi connectivity index (χ0n) is 16.6. The SMILES string of the molecule is CCN1C(=O)/C(=C/c2cc(OC)c(OCC(=O)Nc3ccc(F)cc3)cc2Br)SC1=S. The lowest BCUT2D eigenvalue weighted by Crippen LogP contribution is -2.27. The molecule has 1 aliphatic rings. The number of carbonyl (C=O) groups is 2. The Labute approximate surface area is 196 Å². The summed E-state index contributed by atoms with van der Waals surface area (Å²) in [5.41, 5.74) is 1.17. The van der Waals surface area contributed by atoms with Gasteiger partial charge in [-0.1, -0.05) is 39.9 Å². The molecule has 1 heterocycles. The largest absolute Gasteiger partial charge is 0.493 e. The summed E-state index contributed by atoms with van der Waals surface area (Å²) in [6, 6.07) is 8.79. The zero-order valence-corrected chi connectivity index (χ0v) is 19.8. The molecule has 10 heteroatoms. The summed E-state index contributed by atoms with van der Waals surface area (Å²) in [7, 11) is 1.48. The number of benzene rings is 2. The number of nitrogens with one attached hydrogen (secondary N) is 1. The van der Waals surface area contributed by atoms with E-state index in [4.69, 9.17) is 21.7 Å². The highest BCUT2D eigenvalue weighted by Gasteiger charge is 2.30. The lowest BCUT2D eigenvalue weighted by atomic mass is 10.2. The molecular weight excluding hydrogens is 507 g/mol. The number of hydrogen-bond acceptors (Lipinski definition) is 6. The van der Waals surface area contributed by atoms with Crippen molar-refractivity contribution in [1.29, 1.82) is 0 Å². The van der Waals surface area contributed by atoms with Gasteiger partial charge in [0.2, 0.25) is 0 Å². The molecule has 1 aliphatic heterocycles. The second-order valence-electron chi connectivity index (χ2n) is 6.29. The van der Waals surface area contributed by atoms with Gasteiger partial charge >= 0.3 is 0 Å². The number of nitrogens with zero attached hydrogens (tertiary/aromatic N) is 1. The van der Waals surface area contributed by atoms with E-state index in [2.05, 4.69) is 21.2 Å². The molecule has 1 fully saturated rings. The van der Waals surface area contributed by atoms with Crippen LogP contribution < -0.4 is 14.8 Å². The fraction of sp³-hybridized carbons (Fsp3) is 0.190. The van der Waals surface area contributed by atoms with E-state index >= 15 is 0 Å². The number of anilines is 1. The van der Waals surface area contributed by atoms with Crippen molar-refractivity contribution in [2.24, 2.45) is 0 Å². The van der Waals surface area contributed by atoms with E-state index in [1.165, 1.54) is 48.0 Å². The van der Waals surface area contributed by atoms with Crippen LogP contribution in [0.3, 0.4) is 0 Å². The van der Waals surface area contributed by atoms with Crippen molar-refractivity contribution in [2.45, 2.75) is 6.92 Å². The normalized spacial score (nSPS) is 14.8. The second kappa shape index (κ2) is 10.3. The Bertz CT molecular complexity index is 1060. The maximum atomic E-state index is 13.0. The van der Waals surface area contributed by atoms with Gasteiger partial charge in [0.15, 0.2) is 18.1 Å². The van der Waals surface area contributed by atoms with Gasteiger partial charge in [0.05, 0.1) is 12.0 Å². The highest BCUT2D eigenvalue weighted by molar-refractivity contribution is 9.10. The number of thiocarbonyl (C=S) groups is 1. The molecule has 1 N–H and O–H groups in total. The van der Waals surface area contributed by atoms with Crippen molar-refractivity contribution in [2.75, 3.05) is 25.6 Å². The minimum Gasteiger partial charge on any atom is -0.493 e. The molecule has 0 saturated carbocycles. The first-order chi connectivity index (χ1) is 14.8. The molecule has 0 spiro atoms. The van der Waals surface area contributed by atoms with Gasteiger partial charge in [-0.25, -0.2) is 4.39 Å². The first-order valence-corrected chi connectivity index (χ1v) is 11.1. The Kier molecular flexibility index (Phi) is 7.69. The topological polar surface area (TPSA) is 67.9 Å². The lowest BCUT2D eigenvalue weighted by molar-refractivity contribution is -0.122. The van der Waals surface area contributed by atoms with Gasteiger partial charge in [-0.2, -0.15) is 0 Å². The minimum atomic E-state index is -0.405. The van der Waals surface area contributed by atoms with Gasteiger partial charge in [-0.05, 0) is 55.0 Å². The van der Waals surface area contributed by atoms with E-state index in [1.807, 2.05) is 6.92 Å². The third kappa shape index (κ3) is 5.63. The van der Waals surface area contributed by atoms with Crippen LogP contribution in [0.25, 0.3) is 6.08 Å². The predicted octanol–water partition coefficient (Wildman–Crippen LogP) is 4.84.